The van der Waals surface area contributed by atoms with Crippen molar-refractivity contribution in [3.63, 3.8) is 0 Å². The largest absolute Gasteiger partial charge is 0.340 e. The van der Waals surface area contributed by atoms with Crippen molar-refractivity contribution >= 4 is 30.1 Å². The van der Waals surface area contributed by atoms with Gasteiger partial charge in [-0.3, -0.25) is 4.79 Å². The molecule has 1 heterocycles. The number of nitrogens with two attached hydrogens (primary N) is 1. The number of likely N-dealkylation sites (tertiary alicyclic amines) is 1. The van der Waals surface area contributed by atoms with Crippen LogP contribution in [-0.4, -0.2) is 41.9 Å². The van der Waals surface area contributed by atoms with Gasteiger partial charge in [0.1, 0.15) is 0 Å². The number of halogens is 1. The van der Waals surface area contributed by atoms with Crippen LogP contribution >= 0.6 is 24.2 Å². The molecule has 1 aliphatic heterocycles. The number of hydrogen-bond acceptors (Lipinski definition) is 3. The molecule has 106 valence electrons. The van der Waals surface area contributed by atoms with E-state index >= 15 is 0 Å². The van der Waals surface area contributed by atoms with Crippen molar-refractivity contribution in [2.75, 3.05) is 25.1 Å². The Bertz CT molecular complexity index is 402. The molecule has 1 aliphatic rings. The third-order valence-corrected chi connectivity index (χ3v) is 4.08. The normalized spacial score (nSPS) is 22.1. The molecule has 0 aromatic heterocycles. The summed E-state index contributed by atoms with van der Waals surface area (Å²) in [7, 11) is 0. The molecule has 0 spiro atoms. The number of nitrogens with zero attached hydrogens (tertiary/aromatic N) is 1. The molecule has 3 nitrogen and oxygen atoms in total. The lowest BCUT2D eigenvalue weighted by molar-refractivity contribution is -0.129. The Morgan fingerprint density at radius 3 is 2.68 bits per heavy atom. The second-order valence-electron chi connectivity index (χ2n) is 4.72. The van der Waals surface area contributed by atoms with Crippen molar-refractivity contribution in [2.24, 2.45) is 5.73 Å². The summed E-state index contributed by atoms with van der Waals surface area (Å²) >= 11 is 1.71. The number of carbonyl (C=O) groups excluding carboxylic acids is 1. The van der Waals surface area contributed by atoms with Crippen LogP contribution in [0.2, 0.25) is 0 Å². The monoisotopic (exact) mass is 300 g/mol. The molecule has 19 heavy (non-hydrogen) atoms. The molecule has 0 saturated carbocycles. The van der Waals surface area contributed by atoms with Crippen LogP contribution in [0, 0.1) is 0 Å². The Hall–Kier alpha value is -0.710. The molecule has 2 N–H and O–H groups in total. The summed E-state index contributed by atoms with van der Waals surface area (Å²) in [5, 5.41) is 0. The fraction of sp³-hybridized carbons (Fsp3) is 0.500. The van der Waals surface area contributed by atoms with E-state index in [1.807, 2.05) is 29.4 Å². The molecular weight excluding hydrogens is 280 g/mol. The first-order valence-electron chi connectivity index (χ1n) is 6.29. The molecular formula is C14H21ClN2OS. The van der Waals surface area contributed by atoms with E-state index in [4.69, 9.17) is 5.73 Å². The van der Waals surface area contributed by atoms with Gasteiger partial charge in [0.2, 0.25) is 5.91 Å². The van der Waals surface area contributed by atoms with Gasteiger partial charge in [0, 0.05) is 37.2 Å². The predicted octanol–water partition coefficient (Wildman–Crippen LogP) is 2.11. The molecule has 1 amide bonds. The average molecular weight is 301 g/mol. The first kappa shape index (κ1) is 16.3. The quantitative estimate of drug-likeness (QED) is 0.926. The summed E-state index contributed by atoms with van der Waals surface area (Å²) in [6, 6.07) is 10.3. The molecule has 2 atom stereocenters. The molecule has 0 bridgehead atoms. The lowest BCUT2D eigenvalue weighted by Crippen LogP contribution is -2.32. The zero-order valence-electron chi connectivity index (χ0n) is 11.1. The number of thioether (sulfide) groups is 1. The first-order valence-corrected chi connectivity index (χ1v) is 7.69. The minimum absolute atomic E-state index is 0. The van der Waals surface area contributed by atoms with E-state index in [1.54, 1.807) is 11.8 Å². The standard InChI is InChI=1S/C14H20N2OS.ClH/c1-18-8-7-14(17)16-9-12(13(15)10-16)11-5-3-2-4-6-11;/h2-6,12-13H,7-10,15H2,1H3;1H/t12-,13+;/m0./s1. The van der Waals surface area contributed by atoms with Gasteiger partial charge in [-0.25, -0.2) is 0 Å². The van der Waals surface area contributed by atoms with Crippen LogP contribution in [0.25, 0.3) is 0 Å². The molecule has 1 fully saturated rings. The van der Waals surface area contributed by atoms with Crippen molar-refractivity contribution < 1.29 is 4.79 Å². The first-order chi connectivity index (χ1) is 8.72. The van der Waals surface area contributed by atoms with Crippen LogP contribution < -0.4 is 5.73 Å². The Kier molecular flexibility index (Phi) is 6.69. The van der Waals surface area contributed by atoms with Gasteiger partial charge in [-0.05, 0) is 11.8 Å². The van der Waals surface area contributed by atoms with E-state index in [0.29, 0.717) is 13.0 Å². The number of rotatable bonds is 4. The van der Waals surface area contributed by atoms with E-state index in [0.717, 1.165) is 12.3 Å². The Morgan fingerprint density at radius 1 is 1.37 bits per heavy atom. The summed E-state index contributed by atoms with van der Waals surface area (Å²) in [5.74, 6) is 1.41. The summed E-state index contributed by atoms with van der Waals surface area (Å²) in [6.45, 7) is 1.45. The molecule has 5 heteroatoms. The summed E-state index contributed by atoms with van der Waals surface area (Å²) in [5.41, 5.74) is 7.41. The van der Waals surface area contributed by atoms with Crippen molar-refractivity contribution in [3.8, 4) is 0 Å². The van der Waals surface area contributed by atoms with E-state index in [1.165, 1.54) is 5.56 Å². The number of benzene rings is 1. The highest BCUT2D eigenvalue weighted by molar-refractivity contribution is 7.98. The summed E-state index contributed by atoms with van der Waals surface area (Å²) in [6.07, 6.45) is 2.64. The minimum Gasteiger partial charge on any atom is -0.340 e. The fourth-order valence-electron chi connectivity index (χ4n) is 2.43. The molecule has 1 aromatic rings. The van der Waals surface area contributed by atoms with Crippen LogP contribution in [0.3, 0.4) is 0 Å². The van der Waals surface area contributed by atoms with Gasteiger partial charge in [0.05, 0.1) is 0 Å². The predicted molar refractivity (Wildman–Crippen MR) is 84.0 cm³/mol. The van der Waals surface area contributed by atoms with Gasteiger partial charge >= 0.3 is 0 Å². The van der Waals surface area contributed by atoms with Crippen LogP contribution in [0.5, 0.6) is 0 Å². The van der Waals surface area contributed by atoms with Gasteiger partial charge in [0.25, 0.3) is 0 Å². The van der Waals surface area contributed by atoms with Crippen molar-refractivity contribution in [1.29, 1.82) is 0 Å². The third-order valence-electron chi connectivity index (χ3n) is 3.47. The van der Waals surface area contributed by atoms with Gasteiger partial charge in [-0.15, -0.1) is 12.4 Å². The second-order valence-corrected chi connectivity index (χ2v) is 5.71. The molecule has 1 saturated heterocycles. The fourth-order valence-corrected chi connectivity index (χ4v) is 2.81. The highest BCUT2D eigenvalue weighted by Crippen LogP contribution is 2.26. The molecule has 1 aromatic carbocycles. The van der Waals surface area contributed by atoms with Crippen LogP contribution in [0.4, 0.5) is 0 Å². The van der Waals surface area contributed by atoms with Gasteiger partial charge in [-0.1, -0.05) is 30.3 Å². The lowest BCUT2D eigenvalue weighted by Gasteiger charge is -2.16. The molecule has 2 rings (SSSR count). The maximum Gasteiger partial charge on any atom is 0.223 e. The van der Waals surface area contributed by atoms with Crippen LogP contribution in [-0.2, 0) is 4.79 Å². The lowest BCUT2D eigenvalue weighted by atomic mass is 9.95. The molecule has 0 radical (unpaired) electrons. The van der Waals surface area contributed by atoms with Crippen molar-refractivity contribution in [2.45, 2.75) is 18.4 Å². The van der Waals surface area contributed by atoms with E-state index < -0.39 is 0 Å². The Labute approximate surface area is 125 Å². The number of carbonyl (C=O) groups is 1. The highest BCUT2D eigenvalue weighted by Gasteiger charge is 2.33. The van der Waals surface area contributed by atoms with E-state index in [2.05, 4.69) is 12.1 Å². The SMILES string of the molecule is CSCCC(=O)N1C[C@@H](N)[C@H](c2ccccc2)C1.Cl. The topological polar surface area (TPSA) is 46.3 Å². The zero-order chi connectivity index (χ0) is 13.0. The smallest absolute Gasteiger partial charge is 0.223 e. The van der Waals surface area contributed by atoms with Gasteiger partial charge < -0.3 is 10.6 Å². The van der Waals surface area contributed by atoms with Crippen molar-refractivity contribution in [1.82, 2.24) is 4.90 Å². The summed E-state index contributed by atoms with van der Waals surface area (Å²) in [4.78, 5) is 13.9. The second kappa shape index (κ2) is 7.78. The minimum atomic E-state index is 0. The number of hydrogen-bond donors (Lipinski definition) is 1. The Morgan fingerprint density at radius 2 is 2.05 bits per heavy atom. The van der Waals surface area contributed by atoms with Crippen molar-refractivity contribution in [3.05, 3.63) is 35.9 Å². The maximum absolute atomic E-state index is 12.0. The van der Waals surface area contributed by atoms with E-state index in [-0.39, 0.29) is 30.3 Å². The highest BCUT2D eigenvalue weighted by atomic mass is 35.5. The number of amides is 1. The summed E-state index contributed by atoms with van der Waals surface area (Å²) < 4.78 is 0. The van der Waals surface area contributed by atoms with E-state index in [9.17, 15) is 4.79 Å². The zero-order valence-corrected chi connectivity index (χ0v) is 12.8. The maximum atomic E-state index is 12.0. The molecule has 0 unspecified atom stereocenters. The van der Waals surface area contributed by atoms with Crippen LogP contribution in [0.15, 0.2) is 30.3 Å². The Balaban J connectivity index is 0.00000180. The third kappa shape index (κ3) is 4.13. The van der Waals surface area contributed by atoms with Gasteiger partial charge in [-0.2, -0.15) is 11.8 Å². The van der Waals surface area contributed by atoms with Crippen LogP contribution in [0.1, 0.15) is 17.9 Å². The van der Waals surface area contributed by atoms with Gasteiger partial charge in [0.15, 0.2) is 0 Å². The average Bonchev–Trinajstić information content (AvgIpc) is 2.79. The molecule has 0 aliphatic carbocycles.